The molecular formula is C20H16N2OS. The lowest BCUT2D eigenvalue weighted by Gasteiger charge is -2.07. The molecule has 0 bridgehead atoms. The molecule has 24 heavy (non-hydrogen) atoms. The van der Waals surface area contributed by atoms with E-state index in [0.29, 0.717) is 4.77 Å². The first-order valence-corrected chi connectivity index (χ1v) is 8.12. The molecule has 0 fully saturated rings. The Bertz CT molecular complexity index is 1050. The zero-order valence-electron chi connectivity index (χ0n) is 13.2. The number of aromatic amines is 1. The van der Waals surface area contributed by atoms with E-state index in [0.717, 1.165) is 22.5 Å². The Morgan fingerprint density at radius 3 is 2.33 bits per heavy atom. The SMILES string of the molecule is COc1ccc(-n2c(=S)[nH]c3ccc(-c4ccccc4)cc32)cc1. The zero-order chi connectivity index (χ0) is 16.5. The quantitative estimate of drug-likeness (QED) is 0.512. The van der Waals surface area contributed by atoms with Crippen molar-refractivity contribution >= 4 is 23.3 Å². The number of benzene rings is 3. The fraction of sp³-hybridized carbons (Fsp3) is 0.0500. The maximum atomic E-state index is 5.53. The molecule has 0 atom stereocenters. The molecule has 0 aliphatic carbocycles. The number of nitrogens with one attached hydrogen (secondary N) is 1. The highest BCUT2D eigenvalue weighted by Crippen LogP contribution is 2.27. The van der Waals surface area contributed by atoms with Crippen molar-refractivity contribution in [1.29, 1.82) is 0 Å². The van der Waals surface area contributed by atoms with Crippen molar-refractivity contribution in [3.05, 3.63) is 77.6 Å². The van der Waals surface area contributed by atoms with Gasteiger partial charge >= 0.3 is 0 Å². The first-order chi connectivity index (χ1) is 11.8. The molecular weight excluding hydrogens is 316 g/mol. The van der Waals surface area contributed by atoms with Crippen LogP contribution >= 0.6 is 12.2 Å². The summed E-state index contributed by atoms with van der Waals surface area (Å²) in [6.07, 6.45) is 0. The number of nitrogens with zero attached hydrogens (tertiary/aromatic N) is 1. The standard InChI is InChI=1S/C20H16N2OS/c1-23-17-10-8-16(9-11-17)22-19-13-15(14-5-3-2-4-6-14)7-12-18(19)21-20(22)24/h2-13H,1H3,(H,21,24). The van der Waals surface area contributed by atoms with Gasteiger partial charge in [-0.3, -0.25) is 4.57 Å². The van der Waals surface area contributed by atoms with Gasteiger partial charge in [-0.25, -0.2) is 0 Å². The van der Waals surface area contributed by atoms with Crippen LogP contribution < -0.4 is 4.74 Å². The molecule has 1 N–H and O–H groups in total. The number of ether oxygens (including phenoxy) is 1. The number of methoxy groups -OCH3 is 1. The predicted octanol–water partition coefficient (Wildman–Crippen LogP) is 5.36. The van der Waals surface area contributed by atoms with E-state index >= 15 is 0 Å². The number of fused-ring (bicyclic) bond motifs is 1. The lowest BCUT2D eigenvalue weighted by molar-refractivity contribution is 0.415. The van der Waals surface area contributed by atoms with Gasteiger partial charge in [0.25, 0.3) is 0 Å². The fourth-order valence-electron chi connectivity index (χ4n) is 2.90. The van der Waals surface area contributed by atoms with Crippen LogP contribution in [0, 0.1) is 4.77 Å². The van der Waals surface area contributed by atoms with Gasteiger partial charge in [0.05, 0.1) is 18.1 Å². The molecule has 1 heterocycles. The summed E-state index contributed by atoms with van der Waals surface area (Å²) in [6, 6.07) is 24.6. The Labute approximate surface area is 145 Å². The van der Waals surface area contributed by atoms with Gasteiger partial charge in [-0.05, 0) is 59.7 Å². The number of imidazole rings is 1. The van der Waals surface area contributed by atoms with Gasteiger partial charge in [0.15, 0.2) is 4.77 Å². The van der Waals surface area contributed by atoms with Crippen LogP contribution in [0.3, 0.4) is 0 Å². The van der Waals surface area contributed by atoms with E-state index in [1.807, 2.05) is 42.5 Å². The molecule has 0 spiro atoms. The van der Waals surface area contributed by atoms with Crippen LogP contribution in [-0.4, -0.2) is 16.7 Å². The van der Waals surface area contributed by atoms with Gasteiger partial charge in [0.2, 0.25) is 0 Å². The van der Waals surface area contributed by atoms with Crippen LogP contribution in [0.15, 0.2) is 72.8 Å². The third-order valence-corrected chi connectivity index (χ3v) is 4.41. The van der Waals surface area contributed by atoms with Crippen LogP contribution in [-0.2, 0) is 0 Å². The van der Waals surface area contributed by atoms with Crippen LogP contribution in [0.2, 0.25) is 0 Å². The minimum Gasteiger partial charge on any atom is -0.497 e. The number of hydrogen-bond acceptors (Lipinski definition) is 2. The molecule has 3 aromatic carbocycles. The molecule has 4 aromatic rings. The summed E-state index contributed by atoms with van der Waals surface area (Å²) in [7, 11) is 1.67. The van der Waals surface area contributed by atoms with E-state index < -0.39 is 0 Å². The van der Waals surface area contributed by atoms with E-state index in [2.05, 4.69) is 39.9 Å². The van der Waals surface area contributed by atoms with Gasteiger partial charge in [-0.2, -0.15) is 0 Å². The average molecular weight is 332 g/mol. The Hall–Kier alpha value is -2.85. The van der Waals surface area contributed by atoms with E-state index in [4.69, 9.17) is 17.0 Å². The molecule has 0 saturated heterocycles. The van der Waals surface area contributed by atoms with E-state index in [1.165, 1.54) is 11.1 Å². The maximum absolute atomic E-state index is 5.53. The molecule has 0 saturated carbocycles. The normalized spacial score (nSPS) is 10.9. The van der Waals surface area contributed by atoms with Crippen molar-refractivity contribution in [3.63, 3.8) is 0 Å². The minimum absolute atomic E-state index is 0.681. The minimum atomic E-state index is 0.681. The fourth-order valence-corrected chi connectivity index (χ4v) is 3.21. The van der Waals surface area contributed by atoms with Crippen molar-refractivity contribution in [3.8, 4) is 22.6 Å². The molecule has 0 aliphatic heterocycles. The highest BCUT2D eigenvalue weighted by molar-refractivity contribution is 7.71. The predicted molar refractivity (Wildman–Crippen MR) is 100 cm³/mol. The summed E-state index contributed by atoms with van der Waals surface area (Å²) in [5, 5.41) is 0. The van der Waals surface area contributed by atoms with Crippen LogP contribution in [0.25, 0.3) is 27.8 Å². The van der Waals surface area contributed by atoms with Gasteiger partial charge in [0.1, 0.15) is 5.75 Å². The van der Waals surface area contributed by atoms with Gasteiger partial charge < -0.3 is 9.72 Å². The third kappa shape index (κ3) is 2.51. The molecule has 1 aromatic heterocycles. The van der Waals surface area contributed by atoms with E-state index in [-0.39, 0.29) is 0 Å². The van der Waals surface area contributed by atoms with Gasteiger partial charge in [0, 0.05) is 5.69 Å². The lowest BCUT2D eigenvalue weighted by Crippen LogP contribution is -1.94. The molecule has 4 heteroatoms. The third-order valence-electron chi connectivity index (χ3n) is 4.12. The van der Waals surface area contributed by atoms with E-state index in [1.54, 1.807) is 7.11 Å². The highest BCUT2D eigenvalue weighted by atomic mass is 32.1. The second kappa shape index (κ2) is 5.98. The lowest BCUT2D eigenvalue weighted by atomic mass is 10.1. The van der Waals surface area contributed by atoms with Gasteiger partial charge in [-0.1, -0.05) is 36.4 Å². The van der Waals surface area contributed by atoms with Crippen molar-refractivity contribution < 1.29 is 4.74 Å². The van der Waals surface area contributed by atoms with Crippen LogP contribution in [0.4, 0.5) is 0 Å². The average Bonchev–Trinajstić information content (AvgIpc) is 2.97. The Kier molecular flexibility index (Phi) is 3.67. The molecule has 0 unspecified atom stereocenters. The van der Waals surface area contributed by atoms with Crippen molar-refractivity contribution in [2.24, 2.45) is 0 Å². The number of H-pyrrole nitrogens is 1. The van der Waals surface area contributed by atoms with E-state index in [9.17, 15) is 0 Å². The molecule has 118 valence electrons. The van der Waals surface area contributed by atoms with Crippen LogP contribution in [0.1, 0.15) is 0 Å². The Morgan fingerprint density at radius 2 is 1.62 bits per heavy atom. The summed E-state index contributed by atoms with van der Waals surface area (Å²) >= 11 is 5.53. The van der Waals surface area contributed by atoms with Crippen molar-refractivity contribution in [1.82, 2.24) is 9.55 Å². The largest absolute Gasteiger partial charge is 0.497 e. The van der Waals surface area contributed by atoms with Crippen molar-refractivity contribution in [2.75, 3.05) is 7.11 Å². The van der Waals surface area contributed by atoms with Crippen molar-refractivity contribution in [2.45, 2.75) is 0 Å². The number of hydrogen-bond donors (Lipinski definition) is 1. The molecule has 0 amide bonds. The molecule has 4 rings (SSSR count). The smallest absolute Gasteiger partial charge is 0.182 e. The summed E-state index contributed by atoms with van der Waals surface area (Å²) in [6.45, 7) is 0. The summed E-state index contributed by atoms with van der Waals surface area (Å²) < 4.78 is 7.97. The first kappa shape index (κ1) is 14.7. The van der Waals surface area contributed by atoms with Crippen LogP contribution in [0.5, 0.6) is 5.75 Å². The second-order valence-corrected chi connectivity index (χ2v) is 5.95. The highest BCUT2D eigenvalue weighted by Gasteiger charge is 2.08. The molecule has 0 radical (unpaired) electrons. The molecule has 0 aliphatic rings. The second-order valence-electron chi connectivity index (χ2n) is 5.56. The summed E-state index contributed by atoms with van der Waals surface area (Å²) in [5.41, 5.74) is 5.45. The zero-order valence-corrected chi connectivity index (χ0v) is 14.0. The summed E-state index contributed by atoms with van der Waals surface area (Å²) in [5.74, 6) is 0.829. The number of aromatic nitrogens is 2. The topological polar surface area (TPSA) is 29.9 Å². The number of rotatable bonds is 3. The Morgan fingerprint density at radius 1 is 0.875 bits per heavy atom. The molecule has 3 nitrogen and oxygen atoms in total. The Balaban J connectivity index is 1.91. The monoisotopic (exact) mass is 332 g/mol. The maximum Gasteiger partial charge on any atom is 0.182 e. The summed E-state index contributed by atoms with van der Waals surface area (Å²) in [4.78, 5) is 3.28. The first-order valence-electron chi connectivity index (χ1n) is 7.71. The van der Waals surface area contributed by atoms with Gasteiger partial charge in [-0.15, -0.1) is 0 Å².